The Hall–Kier alpha value is -3.88. The van der Waals surface area contributed by atoms with Gasteiger partial charge in [0.05, 0.1) is 45.8 Å². The number of ether oxygens (including phenoxy) is 5. The summed E-state index contributed by atoms with van der Waals surface area (Å²) in [5.41, 5.74) is 1.14. The second kappa shape index (κ2) is 9.75. The first-order chi connectivity index (χ1) is 15.0. The average Bonchev–Trinajstić information content (AvgIpc) is 2.81. The van der Waals surface area contributed by atoms with E-state index in [9.17, 15) is 9.59 Å². The monoisotopic (exact) mass is 428 g/mol. The number of hydrogen-bond acceptors (Lipinski definition) is 7. The summed E-state index contributed by atoms with van der Waals surface area (Å²) in [4.78, 5) is 25.0. The lowest BCUT2D eigenvalue weighted by atomic mass is 9.95. The average molecular weight is 428 g/mol. The Kier molecular flexibility index (Phi) is 6.86. The van der Waals surface area contributed by atoms with Crippen molar-refractivity contribution in [3.63, 3.8) is 0 Å². The van der Waals surface area contributed by atoms with Crippen LogP contribution in [0.15, 0.2) is 53.7 Å². The van der Waals surface area contributed by atoms with Gasteiger partial charge in [-0.25, -0.2) is 9.59 Å². The van der Waals surface area contributed by atoms with Gasteiger partial charge in [0.2, 0.25) is 0 Å². The molecule has 164 valence electrons. The highest BCUT2D eigenvalue weighted by Crippen LogP contribution is 2.34. The molecule has 1 unspecified atom stereocenters. The minimum atomic E-state index is -0.768. The van der Waals surface area contributed by atoms with E-state index in [0.29, 0.717) is 34.3 Å². The molecule has 0 fully saturated rings. The van der Waals surface area contributed by atoms with Gasteiger partial charge in [-0.15, -0.1) is 0 Å². The Morgan fingerprint density at radius 1 is 0.903 bits per heavy atom. The summed E-state index contributed by atoms with van der Waals surface area (Å²) in [6.45, 7) is -0.0476. The van der Waals surface area contributed by atoms with Gasteiger partial charge in [0.15, 0.2) is 11.5 Å². The van der Waals surface area contributed by atoms with Gasteiger partial charge in [-0.05, 0) is 42.0 Å². The fourth-order valence-electron chi connectivity index (χ4n) is 3.19. The Morgan fingerprint density at radius 3 is 2.19 bits per heavy atom. The van der Waals surface area contributed by atoms with Crippen molar-refractivity contribution in [1.82, 2.24) is 10.6 Å². The molecule has 0 saturated carbocycles. The number of methoxy groups -OCH3 is 4. The van der Waals surface area contributed by atoms with E-state index in [4.69, 9.17) is 23.7 Å². The van der Waals surface area contributed by atoms with E-state index in [2.05, 4.69) is 10.6 Å². The molecule has 1 heterocycles. The molecule has 0 aromatic heterocycles. The van der Waals surface area contributed by atoms with E-state index in [1.807, 2.05) is 0 Å². The molecule has 31 heavy (non-hydrogen) atoms. The van der Waals surface area contributed by atoms with Crippen LogP contribution in [0.2, 0.25) is 0 Å². The fraction of sp³-hybridized carbons (Fsp3) is 0.273. The molecule has 0 saturated heterocycles. The fourth-order valence-corrected chi connectivity index (χ4v) is 3.19. The van der Waals surface area contributed by atoms with Gasteiger partial charge in [0.25, 0.3) is 0 Å². The molecule has 0 aliphatic carbocycles. The van der Waals surface area contributed by atoms with Crippen LogP contribution in [-0.4, -0.2) is 47.0 Å². The number of carbonyl (C=O) groups excluding carboxylic acids is 2. The first-order valence-electron chi connectivity index (χ1n) is 9.38. The lowest BCUT2D eigenvalue weighted by Gasteiger charge is -2.29. The highest BCUT2D eigenvalue weighted by Gasteiger charge is 2.34. The van der Waals surface area contributed by atoms with E-state index < -0.39 is 18.0 Å². The van der Waals surface area contributed by atoms with Crippen molar-refractivity contribution in [1.29, 1.82) is 0 Å². The van der Waals surface area contributed by atoms with Crippen molar-refractivity contribution in [2.45, 2.75) is 6.04 Å². The van der Waals surface area contributed by atoms with Crippen molar-refractivity contribution in [2.24, 2.45) is 0 Å². The number of esters is 1. The van der Waals surface area contributed by atoms with Gasteiger partial charge in [-0.2, -0.15) is 0 Å². The van der Waals surface area contributed by atoms with Crippen LogP contribution >= 0.6 is 0 Å². The molecule has 0 radical (unpaired) electrons. The van der Waals surface area contributed by atoms with Crippen LogP contribution in [0.1, 0.15) is 11.6 Å². The maximum absolute atomic E-state index is 12.6. The van der Waals surface area contributed by atoms with Crippen LogP contribution < -0.4 is 29.6 Å². The Labute approximate surface area is 179 Å². The number of benzene rings is 2. The van der Waals surface area contributed by atoms with Crippen LogP contribution in [0.25, 0.3) is 0 Å². The molecule has 1 aliphatic heterocycles. The summed E-state index contributed by atoms with van der Waals surface area (Å²) in [6.07, 6.45) is 0. The summed E-state index contributed by atoms with van der Waals surface area (Å²) in [5.74, 6) is 1.63. The van der Waals surface area contributed by atoms with Crippen molar-refractivity contribution >= 4 is 12.0 Å². The maximum Gasteiger partial charge on any atom is 0.338 e. The normalized spacial score (nSPS) is 15.5. The van der Waals surface area contributed by atoms with Crippen molar-refractivity contribution in [2.75, 3.05) is 35.0 Å². The van der Waals surface area contributed by atoms with Gasteiger partial charge in [-0.1, -0.05) is 6.07 Å². The number of rotatable bonds is 8. The molecule has 1 aliphatic rings. The van der Waals surface area contributed by atoms with E-state index in [1.54, 1.807) is 49.6 Å². The van der Waals surface area contributed by atoms with Crippen LogP contribution in [0.3, 0.4) is 0 Å². The molecule has 1 atom stereocenters. The first kappa shape index (κ1) is 21.8. The zero-order valence-corrected chi connectivity index (χ0v) is 17.7. The molecule has 0 bridgehead atoms. The second-order valence-electron chi connectivity index (χ2n) is 6.49. The number of carbonyl (C=O) groups is 2. The molecule has 9 nitrogen and oxygen atoms in total. The highest BCUT2D eigenvalue weighted by atomic mass is 16.5. The maximum atomic E-state index is 12.6. The standard InChI is InChI=1S/C22H24N2O7/c1-27-14-6-8-15(9-7-14)31-12-16-19(21(25)30-4)20(24-22(26)23-16)13-5-10-17(28-2)18(11-13)29-3/h5-11,20H,12H2,1-4H3,(H2,23,24,26). The Bertz CT molecular complexity index is 986. The zero-order valence-electron chi connectivity index (χ0n) is 17.7. The predicted molar refractivity (Wildman–Crippen MR) is 111 cm³/mol. The summed E-state index contributed by atoms with van der Waals surface area (Å²) in [5, 5.41) is 5.40. The van der Waals surface area contributed by atoms with Gasteiger partial charge in [-0.3, -0.25) is 0 Å². The summed E-state index contributed by atoms with van der Waals surface area (Å²) < 4.78 is 26.5. The smallest absolute Gasteiger partial charge is 0.338 e. The first-order valence-corrected chi connectivity index (χ1v) is 9.38. The van der Waals surface area contributed by atoms with E-state index >= 15 is 0 Å². The van der Waals surface area contributed by atoms with Crippen LogP contribution in [0.5, 0.6) is 23.0 Å². The van der Waals surface area contributed by atoms with Gasteiger partial charge in [0.1, 0.15) is 18.1 Å². The van der Waals surface area contributed by atoms with Crippen molar-refractivity contribution < 1.29 is 33.3 Å². The topological polar surface area (TPSA) is 104 Å². The lowest BCUT2D eigenvalue weighted by molar-refractivity contribution is -0.136. The molecule has 2 aromatic carbocycles. The molecule has 9 heteroatoms. The summed E-state index contributed by atoms with van der Waals surface area (Å²) >= 11 is 0. The summed E-state index contributed by atoms with van der Waals surface area (Å²) in [6, 6.07) is 10.8. The Morgan fingerprint density at radius 2 is 1.58 bits per heavy atom. The number of amides is 2. The molecular weight excluding hydrogens is 404 g/mol. The van der Waals surface area contributed by atoms with E-state index in [-0.39, 0.29) is 12.2 Å². The third-order valence-corrected chi connectivity index (χ3v) is 4.74. The van der Waals surface area contributed by atoms with Crippen LogP contribution in [0, 0.1) is 0 Å². The molecule has 2 N–H and O–H groups in total. The largest absolute Gasteiger partial charge is 0.497 e. The predicted octanol–water partition coefficient (Wildman–Crippen LogP) is 2.57. The van der Waals surface area contributed by atoms with Crippen molar-refractivity contribution in [3.05, 3.63) is 59.3 Å². The van der Waals surface area contributed by atoms with Crippen LogP contribution in [0.4, 0.5) is 4.79 Å². The lowest BCUT2D eigenvalue weighted by Crippen LogP contribution is -2.47. The Balaban J connectivity index is 1.96. The SMILES string of the molecule is COC(=O)C1=C(COc2ccc(OC)cc2)NC(=O)NC1c1ccc(OC)c(OC)c1. The van der Waals surface area contributed by atoms with Gasteiger partial charge >= 0.3 is 12.0 Å². The van der Waals surface area contributed by atoms with Crippen LogP contribution in [-0.2, 0) is 9.53 Å². The molecule has 2 amide bonds. The molecule has 3 rings (SSSR count). The highest BCUT2D eigenvalue weighted by molar-refractivity contribution is 5.95. The van der Waals surface area contributed by atoms with E-state index in [0.717, 1.165) is 0 Å². The quantitative estimate of drug-likeness (QED) is 0.623. The number of hydrogen-bond donors (Lipinski definition) is 2. The van der Waals surface area contributed by atoms with Gasteiger partial charge in [0, 0.05) is 0 Å². The minimum absolute atomic E-state index is 0.0476. The molecule has 0 spiro atoms. The third-order valence-electron chi connectivity index (χ3n) is 4.74. The van der Waals surface area contributed by atoms with Gasteiger partial charge < -0.3 is 34.3 Å². The number of nitrogens with one attached hydrogen (secondary N) is 2. The zero-order chi connectivity index (χ0) is 22.4. The summed E-state index contributed by atoms with van der Waals surface area (Å²) in [7, 11) is 5.88. The second-order valence-corrected chi connectivity index (χ2v) is 6.49. The number of urea groups is 1. The molecular formula is C22H24N2O7. The third kappa shape index (κ3) is 4.82. The minimum Gasteiger partial charge on any atom is -0.497 e. The molecule has 2 aromatic rings. The van der Waals surface area contributed by atoms with Crippen molar-refractivity contribution in [3.8, 4) is 23.0 Å². The van der Waals surface area contributed by atoms with E-state index in [1.165, 1.54) is 21.3 Å².